The van der Waals surface area contributed by atoms with Gasteiger partial charge in [-0.15, -0.1) is 0 Å². The fraction of sp³-hybridized carbons (Fsp3) is 0.537. The zero-order valence-electron chi connectivity index (χ0n) is 29.7. The van der Waals surface area contributed by atoms with Crippen molar-refractivity contribution in [1.29, 1.82) is 0 Å². The molecule has 0 unspecified atom stereocenters. The van der Waals surface area contributed by atoms with Gasteiger partial charge >= 0.3 is 0 Å². The molecule has 1 aromatic heterocycles. The molecule has 2 aliphatic heterocycles. The Hall–Kier alpha value is -4.27. The number of carbonyl (C=O) groups is 1. The molecular weight excluding hydrogens is 622 g/mol. The van der Waals surface area contributed by atoms with Gasteiger partial charge in [0.15, 0.2) is 0 Å². The van der Waals surface area contributed by atoms with Gasteiger partial charge in [0.25, 0.3) is 0 Å². The Morgan fingerprint density at radius 2 is 1.72 bits per heavy atom. The molecule has 1 amide bonds. The molecule has 2 N–H and O–H groups in total. The fourth-order valence-corrected chi connectivity index (χ4v) is 10.2. The number of carbonyl (C=O) groups excluding carboxylic acids is 1. The van der Waals surface area contributed by atoms with Crippen LogP contribution in [0.1, 0.15) is 70.3 Å². The Morgan fingerprint density at radius 1 is 0.960 bits per heavy atom. The summed E-state index contributed by atoms with van der Waals surface area (Å²) in [6, 6.07) is 14.9. The highest BCUT2D eigenvalue weighted by Crippen LogP contribution is 2.61. The van der Waals surface area contributed by atoms with Crippen LogP contribution < -0.4 is 25.2 Å². The summed E-state index contributed by atoms with van der Waals surface area (Å²) >= 11 is 0. The molecule has 1 saturated heterocycles. The van der Waals surface area contributed by atoms with E-state index in [1.165, 1.54) is 56.9 Å². The van der Waals surface area contributed by atoms with Crippen LogP contribution in [0, 0.1) is 29.1 Å². The van der Waals surface area contributed by atoms with Crippen LogP contribution in [0.2, 0.25) is 0 Å². The molecule has 5 saturated carbocycles. The maximum atomic E-state index is 13.6. The van der Waals surface area contributed by atoms with Crippen LogP contribution in [-0.4, -0.2) is 67.2 Å². The highest BCUT2D eigenvalue weighted by atomic mass is 16.5. The average Bonchev–Trinajstić information content (AvgIpc) is 3.95. The summed E-state index contributed by atoms with van der Waals surface area (Å²) in [6.45, 7) is 7.13. The topological polar surface area (TPSA) is 85.9 Å². The van der Waals surface area contributed by atoms with Gasteiger partial charge in [0.05, 0.1) is 12.8 Å². The van der Waals surface area contributed by atoms with Crippen LogP contribution in [0.15, 0.2) is 54.7 Å². The molecule has 7 aliphatic rings. The summed E-state index contributed by atoms with van der Waals surface area (Å²) in [7, 11) is 1.71. The molecule has 3 heterocycles. The number of ether oxygens (including phenoxy) is 1. The van der Waals surface area contributed by atoms with Gasteiger partial charge in [-0.05, 0) is 123 Å². The first-order chi connectivity index (χ1) is 24.4. The van der Waals surface area contributed by atoms with Crippen molar-refractivity contribution in [3.05, 3.63) is 60.3 Å². The van der Waals surface area contributed by atoms with Crippen molar-refractivity contribution in [1.82, 2.24) is 14.9 Å². The maximum Gasteiger partial charge on any atom is 0.229 e. The largest absolute Gasteiger partial charge is 0.494 e. The third-order valence-corrected chi connectivity index (χ3v) is 12.6. The SMILES string of the molecule is COc1cc(N2CCN(C(=O)CC34CC5CC(CC(C5)C3)C4)CC2)ccc1Nc1ncc2c(n1)N(c1cccc(NCC3CC3)c1)CC=C2C. The summed E-state index contributed by atoms with van der Waals surface area (Å²) in [5.41, 5.74) is 6.70. The molecule has 50 heavy (non-hydrogen) atoms. The van der Waals surface area contributed by atoms with E-state index in [4.69, 9.17) is 14.7 Å². The van der Waals surface area contributed by atoms with Crippen molar-refractivity contribution in [2.24, 2.45) is 29.1 Å². The summed E-state index contributed by atoms with van der Waals surface area (Å²) in [5, 5.41) is 7.06. The minimum absolute atomic E-state index is 0.298. The van der Waals surface area contributed by atoms with Crippen molar-refractivity contribution < 1.29 is 9.53 Å². The van der Waals surface area contributed by atoms with Crippen LogP contribution in [0.5, 0.6) is 5.75 Å². The quantitative estimate of drug-likeness (QED) is 0.225. The van der Waals surface area contributed by atoms with E-state index in [9.17, 15) is 4.79 Å². The van der Waals surface area contributed by atoms with Gasteiger partial charge in [0.2, 0.25) is 11.9 Å². The van der Waals surface area contributed by atoms with Gasteiger partial charge in [-0.1, -0.05) is 12.1 Å². The van der Waals surface area contributed by atoms with Crippen molar-refractivity contribution >= 4 is 46.0 Å². The van der Waals surface area contributed by atoms with E-state index in [2.05, 4.69) is 80.8 Å². The Labute approximate surface area is 296 Å². The zero-order valence-corrected chi connectivity index (χ0v) is 29.7. The highest BCUT2D eigenvalue weighted by Gasteiger charge is 2.51. The number of benzene rings is 2. The minimum atomic E-state index is 0.298. The van der Waals surface area contributed by atoms with Crippen LogP contribution >= 0.6 is 0 Å². The monoisotopic (exact) mass is 673 g/mol. The van der Waals surface area contributed by atoms with Crippen molar-refractivity contribution in [2.45, 2.75) is 64.7 Å². The number of allylic oxidation sites excluding steroid dienone is 1. The number of fused-ring (bicyclic) bond motifs is 1. The number of rotatable bonds is 10. The van der Waals surface area contributed by atoms with Gasteiger partial charge < -0.3 is 30.1 Å². The van der Waals surface area contributed by atoms with Gasteiger partial charge in [0.1, 0.15) is 11.6 Å². The van der Waals surface area contributed by atoms with Crippen LogP contribution in [0.3, 0.4) is 0 Å². The predicted molar refractivity (Wildman–Crippen MR) is 201 cm³/mol. The van der Waals surface area contributed by atoms with Gasteiger partial charge in [-0.2, -0.15) is 4.98 Å². The number of hydrogen-bond acceptors (Lipinski definition) is 8. The molecule has 6 fully saturated rings. The first-order valence-corrected chi connectivity index (χ1v) is 19.0. The Balaban J connectivity index is 0.861. The van der Waals surface area contributed by atoms with E-state index < -0.39 is 0 Å². The third-order valence-electron chi connectivity index (χ3n) is 12.6. The molecule has 0 radical (unpaired) electrons. The summed E-state index contributed by atoms with van der Waals surface area (Å²) in [6.07, 6.45) is 15.7. The molecule has 9 heteroatoms. The predicted octanol–water partition coefficient (Wildman–Crippen LogP) is 7.86. The fourth-order valence-electron chi connectivity index (χ4n) is 10.2. The van der Waals surface area contributed by atoms with E-state index in [1.807, 2.05) is 6.20 Å². The number of aromatic nitrogens is 2. The van der Waals surface area contributed by atoms with Crippen molar-refractivity contribution in [3.63, 3.8) is 0 Å². The van der Waals surface area contributed by atoms with Gasteiger partial charge in [-0.3, -0.25) is 4.79 Å². The molecule has 262 valence electrons. The van der Waals surface area contributed by atoms with E-state index >= 15 is 0 Å². The summed E-state index contributed by atoms with van der Waals surface area (Å²) in [4.78, 5) is 30.1. The first-order valence-electron chi connectivity index (χ1n) is 19.0. The summed E-state index contributed by atoms with van der Waals surface area (Å²) < 4.78 is 5.88. The lowest BCUT2D eigenvalue weighted by molar-refractivity contribution is -0.139. The zero-order chi connectivity index (χ0) is 33.8. The molecule has 0 atom stereocenters. The standard InChI is InChI=1S/C41H51N7O2/c1-27-10-11-48(34-5-3-4-32(19-34)42-25-28-6-7-28)39-35(27)26-43-40(45-39)44-36-9-8-33(20-37(36)50-2)46-12-14-47(15-13-46)38(49)24-41-21-29-16-30(22-41)18-31(17-29)23-41/h3-5,8-10,19-20,26,28-31,42H,6-7,11-18,21-25H2,1-2H3,(H,43,44,45). The second-order valence-electron chi connectivity index (χ2n) is 16.3. The second kappa shape index (κ2) is 12.8. The molecule has 0 spiro atoms. The number of hydrogen-bond donors (Lipinski definition) is 2. The summed E-state index contributed by atoms with van der Waals surface area (Å²) in [5.74, 6) is 6.02. The molecule has 10 rings (SSSR count). The normalized spacial score (nSPS) is 26.8. The van der Waals surface area contributed by atoms with E-state index in [0.717, 1.165) is 109 Å². The number of nitrogens with zero attached hydrogens (tertiary/aromatic N) is 5. The number of nitrogens with one attached hydrogen (secondary N) is 2. The molecular formula is C41H51N7O2. The minimum Gasteiger partial charge on any atom is -0.494 e. The van der Waals surface area contributed by atoms with E-state index in [1.54, 1.807) is 7.11 Å². The molecule has 4 bridgehead atoms. The third kappa shape index (κ3) is 6.28. The first kappa shape index (κ1) is 31.7. The lowest BCUT2D eigenvalue weighted by Crippen LogP contribution is -2.52. The smallest absolute Gasteiger partial charge is 0.229 e. The van der Waals surface area contributed by atoms with E-state index in [0.29, 0.717) is 17.3 Å². The Morgan fingerprint density at radius 3 is 2.44 bits per heavy atom. The molecule has 5 aliphatic carbocycles. The number of piperazine rings is 1. The van der Waals surface area contributed by atoms with Gasteiger partial charge in [-0.25, -0.2) is 4.98 Å². The number of methoxy groups -OCH3 is 1. The van der Waals surface area contributed by atoms with Gasteiger partial charge in [0, 0.05) is 80.6 Å². The van der Waals surface area contributed by atoms with Crippen molar-refractivity contribution in [3.8, 4) is 5.75 Å². The number of amides is 1. The Bertz CT molecular complexity index is 1760. The maximum absolute atomic E-state index is 13.6. The lowest BCUT2D eigenvalue weighted by atomic mass is 9.49. The van der Waals surface area contributed by atoms with Crippen LogP contribution in [-0.2, 0) is 4.79 Å². The van der Waals surface area contributed by atoms with Crippen LogP contribution in [0.4, 0.5) is 34.5 Å². The molecule has 3 aromatic rings. The van der Waals surface area contributed by atoms with Crippen molar-refractivity contribution in [2.75, 3.05) is 66.8 Å². The lowest BCUT2D eigenvalue weighted by Gasteiger charge is -2.57. The van der Waals surface area contributed by atoms with Crippen LogP contribution in [0.25, 0.3) is 5.57 Å². The average molecular weight is 674 g/mol. The Kier molecular flexibility index (Phi) is 8.12. The second-order valence-corrected chi connectivity index (χ2v) is 16.3. The number of anilines is 6. The highest BCUT2D eigenvalue weighted by molar-refractivity contribution is 5.82. The van der Waals surface area contributed by atoms with E-state index in [-0.39, 0.29) is 0 Å². The molecule has 2 aromatic carbocycles. The molecule has 9 nitrogen and oxygen atoms in total.